The number of hydrogen-bond donors (Lipinski definition) is 1. The topological polar surface area (TPSA) is 35.2 Å². The van der Waals surface area contributed by atoms with Crippen molar-refractivity contribution in [1.29, 1.82) is 0 Å². The molecule has 0 aromatic heterocycles. The highest BCUT2D eigenvalue weighted by atomic mass is 79.9. The number of halogens is 1. The van der Waals surface area contributed by atoms with Gasteiger partial charge in [-0.15, -0.1) is 0 Å². The molecule has 0 fully saturated rings. The average molecular weight is 334 g/mol. The summed E-state index contributed by atoms with van der Waals surface area (Å²) in [7, 11) is 1.68. The minimum absolute atomic E-state index is 0.414. The second-order valence-electron chi connectivity index (χ2n) is 4.85. The van der Waals surface area contributed by atoms with Gasteiger partial charge in [-0.3, -0.25) is 0 Å². The predicted molar refractivity (Wildman–Crippen MR) is 87.3 cm³/mol. The molecule has 2 nitrogen and oxygen atoms in total. The van der Waals surface area contributed by atoms with Crippen LogP contribution in [-0.4, -0.2) is 13.7 Å². The highest BCUT2D eigenvalue weighted by Crippen LogP contribution is 2.27. The van der Waals surface area contributed by atoms with Crippen LogP contribution in [0.4, 0.5) is 0 Å². The molecule has 1 unspecified atom stereocenters. The summed E-state index contributed by atoms with van der Waals surface area (Å²) in [6.45, 7) is 0.682. The van der Waals surface area contributed by atoms with E-state index in [0.29, 0.717) is 12.5 Å². The Kier molecular flexibility index (Phi) is 5.62. The minimum atomic E-state index is 0.414. The maximum Gasteiger partial charge on any atom is 0.133 e. The molecule has 0 saturated heterocycles. The lowest BCUT2D eigenvalue weighted by Gasteiger charge is -2.15. The van der Waals surface area contributed by atoms with Crippen LogP contribution in [-0.2, 0) is 6.42 Å². The molecule has 0 amide bonds. The van der Waals surface area contributed by atoms with E-state index < -0.39 is 0 Å². The normalized spacial score (nSPS) is 12.2. The number of rotatable bonds is 6. The fourth-order valence-corrected chi connectivity index (χ4v) is 2.94. The molecule has 20 heavy (non-hydrogen) atoms. The zero-order valence-electron chi connectivity index (χ0n) is 11.7. The van der Waals surface area contributed by atoms with E-state index in [4.69, 9.17) is 10.5 Å². The highest BCUT2D eigenvalue weighted by molar-refractivity contribution is 9.10. The van der Waals surface area contributed by atoms with Gasteiger partial charge in [0.15, 0.2) is 0 Å². The lowest BCUT2D eigenvalue weighted by molar-refractivity contribution is 0.412. The van der Waals surface area contributed by atoms with E-state index in [0.717, 1.165) is 23.1 Å². The number of aryl methyl sites for hydroxylation is 1. The van der Waals surface area contributed by atoms with Crippen LogP contribution in [0.5, 0.6) is 5.75 Å². The summed E-state index contributed by atoms with van der Waals surface area (Å²) in [6, 6.07) is 16.7. The molecule has 0 spiro atoms. The fourth-order valence-electron chi connectivity index (χ4n) is 2.35. The second-order valence-corrected chi connectivity index (χ2v) is 5.71. The van der Waals surface area contributed by atoms with Crippen LogP contribution < -0.4 is 10.5 Å². The van der Waals surface area contributed by atoms with E-state index in [2.05, 4.69) is 52.3 Å². The first-order chi connectivity index (χ1) is 9.74. The van der Waals surface area contributed by atoms with Gasteiger partial charge in [0, 0.05) is 0 Å². The van der Waals surface area contributed by atoms with Crippen molar-refractivity contribution in [2.45, 2.75) is 18.8 Å². The highest BCUT2D eigenvalue weighted by Gasteiger charge is 2.10. The molecule has 0 saturated carbocycles. The molecule has 2 rings (SSSR count). The third-order valence-corrected chi connectivity index (χ3v) is 4.17. The molecule has 2 aromatic rings. The van der Waals surface area contributed by atoms with Gasteiger partial charge < -0.3 is 10.5 Å². The van der Waals surface area contributed by atoms with Crippen LogP contribution in [0.2, 0.25) is 0 Å². The van der Waals surface area contributed by atoms with Crippen molar-refractivity contribution in [2.75, 3.05) is 13.7 Å². The summed E-state index contributed by atoms with van der Waals surface area (Å²) in [5.41, 5.74) is 8.54. The van der Waals surface area contributed by atoms with Crippen molar-refractivity contribution in [3.63, 3.8) is 0 Å². The second kappa shape index (κ2) is 7.46. The molecule has 3 heteroatoms. The number of ether oxygens (including phenoxy) is 1. The Balaban J connectivity index is 2.02. The van der Waals surface area contributed by atoms with Crippen LogP contribution in [0.1, 0.15) is 23.5 Å². The van der Waals surface area contributed by atoms with Gasteiger partial charge in [-0.25, -0.2) is 0 Å². The molecule has 106 valence electrons. The molecule has 0 radical (unpaired) electrons. The van der Waals surface area contributed by atoms with E-state index in [1.165, 1.54) is 11.1 Å². The Morgan fingerprint density at radius 3 is 2.50 bits per heavy atom. The van der Waals surface area contributed by atoms with Crippen molar-refractivity contribution < 1.29 is 4.74 Å². The molecule has 0 heterocycles. The molecule has 0 bridgehead atoms. The fraction of sp³-hybridized carbons (Fsp3) is 0.294. The van der Waals surface area contributed by atoms with E-state index in [9.17, 15) is 0 Å². The summed E-state index contributed by atoms with van der Waals surface area (Å²) in [4.78, 5) is 0. The van der Waals surface area contributed by atoms with Gasteiger partial charge in [-0.2, -0.15) is 0 Å². The van der Waals surface area contributed by atoms with Crippen molar-refractivity contribution in [3.05, 3.63) is 64.1 Å². The first-order valence-electron chi connectivity index (χ1n) is 6.82. The lowest BCUT2D eigenvalue weighted by atomic mass is 9.92. The van der Waals surface area contributed by atoms with Crippen molar-refractivity contribution in [3.8, 4) is 5.75 Å². The van der Waals surface area contributed by atoms with E-state index >= 15 is 0 Å². The monoisotopic (exact) mass is 333 g/mol. The molecule has 1 atom stereocenters. The van der Waals surface area contributed by atoms with Gasteiger partial charge in [0.2, 0.25) is 0 Å². The van der Waals surface area contributed by atoms with Crippen molar-refractivity contribution >= 4 is 15.9 Å². The first-order valence-corrected chi connectivity index (χ1v) is 7.61. The quantitative estimate of drug-likeness (QED) is 0.862. The van der Waals surface area contributed by atoms with Crippen LogP contribution in [0, 0.1) is 0 Å². The number of benzene rings is 2. The predicted octanol–water partition coefficient (Wildman–Crippen LogP) is 4.13. The van der Waals surface area contributed by atoms with Gasteiger partial charge in [0.25, 0.3) is 0 Å². The molecular formula is C17H20BrNO. The van der Waals surface area contributed by atoms with Crippen LogP contribution >= 0.6 is 15.9 Å². The maximum absolute atomic E-state index is 5.92. The number of methoxy groups -OCH3 is 1. The third kappa shape index (κ3) is 3.84. The van der Waals surface area contributed by atoms with Crippen LogP contribution in [0.15, 0.2) is 53.0 Å². The van der Waals surface area contributed by atoms with Gasteiger partial charge in [0.1, 0.15) is 5.75 Å². The average Bonchev–Trinajstić information content (AvgIpc) is 2.49. The number of nitrogens with two attached hydrogens (primary N) is 1. The Bertz CT molecular complexity index is 542. The van der Waals surface area contributed by atoms with Crippen molar-refractivity contribution in [1.82, 2.24) is 0 Å². The van der Waals surface area contributed by atoms with Gasteiger partial charge in [-0.05, 0) is 64.5 Å². The standard InChI is InChI=1S/C17H20BrNO/c1-20-17-10-8-13(11-16(17)18)7-9-15(12-19)14-5-3-2-4-6-14/h2-6,8,10-11,15H,7,9,12,19H2,1H3. The largest absolute Gasteiger partial charge is 0.496 e. The summed E-state index contributed by atoms with van der Waals surface area (Å²) >= 11 is 3.53. The smallest absolute Gasteiger partial charge is 0.133 e. The van der Waals surface area contributed by atoms with Crippen molar-refractivity contribution in [2.24, 2.45) is 5.73 Å². The van der Waals surface area contributed by atoms with Gasteiger partial charge >= 0.3 is 0 Å². The molecule has 0 aliphatic rings. The van der Waals surface area contributed by atoms with Gasteiger partial charge in [0.05, 0.1) is 11.6 Å². The van der Waals surface area contributed by atoms with Gasteiger partial charge in [-0.1, -0.05) is 36.4 Å². The Labute approximate surface area is 129 Å². The first kappa shape index (κ1) is 15.1. The number of hydrogen-bond acceptors (Lipinski definition) is 2. The van der Waals surface area contributed by atoms with E-state index in [1.807, 2.05) is 12.1 Å². The Morgan fingerprint density at radius 1 is 1.15 bits per heavy atom. The molecular weight excluding hydrogens is 314 g/mol. The maximum atomic E-state index is 5.92. The SMILES string of the molecule is COc1ccc(CCC(CN)c2ccccc2)cc1Br. The Morgan fingerprint density at radius 2 is 1.90 bits per heavy atom. The van der Waals surface area contributed by atoms with Crippen LogP contribution in [0.3, 0.4) is 0 Å². The molecule has 0 aliphatic heterocycles. The van der Waals surface area contributed by atoms with E-state index in [1.54, 1.807) is 7.11 Å². The molecule has 2 aromatic carbocycles. The zero-order valence-corrected chi connectivity index (χ0v) is 13.3. The molecule has 2 N–H and O–H groups in total. The zero-order chi connectivity index (χ0) is 14.4. The Hall–Kier alpha value is -1.32. The molecule has 0 aliphatic carbocycles. The lowest BCUT2D eigenvalue weighted by Crippen LogP contribution is -2.13. The summed E-state index contributed by atoms with van der Waals surface area (Å²) < 4.78 is 6.25. The third-order valence-electron chi connectivity index (χ3n) is 3.55. The van der Waals surface area contributed by atoms with Crippen LogP contribution in [0.25, 0.3) is 0 Å². The minimum Gasteiger partial charge on any atom is -0.496 e. The summed E-state index contributed by atoms with van der Waals surface area (Å²) in [5, 5.41) is 0. The van der Waals surface area contributed by atoms with E-state index in [-0.39, 0.29) is 0 Å². The summed E-state index contributed by atoms with van der Waals surface area (Å²) in [5.74, 6) is 1.28. The summed E-state index contributed by atoms with van der Waals surface area (Å²) in [6.07, 6.45) is 2.07.